The summed E-state index contributed by atoms with van der Waals surface area (Å²) in [5.74, 6) is 0. The van der Waals surface area contributed by atoms with E-state index in [1.807, 2.05) is 6.07 Å². The third-order valence-electron chi connectivity index (χ3n) is 3.94. The highest BCUT2D eigenvalue weighted by atomic mass is 16.3. The second-order valence-electron chi connectivity index (χ2n) is 5.29. The zero-order valence-electron chi connectivity index (χ0n) is 11.6. The average Bonchev–Trinajstić information content (AvgIpc) is 2.39. The lowest BCUT2D eigenvalue weighted by atomic mass is 9.85. The quantitative estimate of drug-likeness (QED) is 0.864. The lowest BCUT2D eigenvalue weighted by Crippen LogP contribution is -2.43. The van der Waals surface area contributed by atoms with Crippen LogP contribution < -0.4 is 0 Å². The average molecular weight is 247 g/mol. The minimum atomic E-state index is -0.312. The number of fused-ring (bicyclic) bond motifs is 1. The molecule has 1 aliphatic carbocycles. The molecule has 0 saturated carbocycles. The van der Waals surface area contributed by atoms with Gasteiger partial charge in [-0.3, -0.25) is 4.90 Å². The van der Waals surface area contributed by atoms with Crippen molar-refractivity contribution in [3.05, 3.63) is 35.4 Å². The first-order chi connectivity index (χ1) is 8.77. The number of nitrogens with zero attached hydrogens (tertiary/aromatic N) is 1. The molecule has 0 aliphatic heterocycles. The molecule has 100 valence electrons. The highest BCUT2D eigenvalue weighted by molar-refractivity contribution is 5.32. The van der Waals surface area contributed by atoms with Gasteiger partial charge in [0.15, 0.2) is 0 Å². The number of aryl methyl sites for hydroxylation is 1. The van der Waals surface area contributed by atoms with Crippen molar-refractivity contribution in [1.29, 1.82) is 0 Å². The second kappa shape index (κ2) is 6.35. The van der Waals surface area contributed by atoms with E-state index >= 15 is 0 Å². The molecule has 0 radical (unpaired) electrons. The van der Waals surface area contributed by atoms with Crippen molar-refractivity contribution in [1.82, 2.24) is 4.90 Å². The Morgan fingerprint density at radius 3 is 2.50 bits per heavy atom. The van der Waals surface area contributed by atoms with E-state index in [9.17, 15) is 5.11 Å². The van der Waals surface area contributed by atoms with Gasteiger partial charge in [0.2, 0.25) is 0 Å². The standard InChI is InChI=1S/C16H25NO/c1-3-11-17(12-4-2)15-10-9-13-7-5-6-8-14(13)16(15)18/h5-8,15-16,18H,3-4,9-12H2,1-2H3/t15?,16-/m0/s1. The van der Waals surface area contributed by atoms with Crippen LogP contribution >= 0.6 is 0 Å². The maximum absolute atomic E-state index is 10.6. The molecule has 1 unspecified atom stereocenters. The molecule has 0 spiro atoms. The minimum Gasteiger partial charge on any atom is -0.387 e. The normalized spacial score (nSPS) is 23.1. The number of rotatable bonds is 5. The van der Waals surface area contributed by atoms with Crippen LogP contribution in [0.4, 0.5) is 0 Å². The van der Waals surface area contributed by atoms with Gasteiger partial charge >= 0.3 is 0 Å². The fourth-order valence-corrected chi connectivity index (χ4v) is 3.12. The maximum atomic E-state index is 10.6. The summed E-state index contributed by atoms with van der Waals surface area (Å²) in [4.78, 5) is 2.47. The summed E-state index contributed by atoms with van der Waals surface area (Å²) in [6, 6.07) is 8.65. The third kappa shape index (κ3) is 2.76. The zero-order chi connectivity index (χ0) is 13.0. The number of hydrogen-bond donors (Lipinski definition) is 1. The Balaban J connectivity index is 2.16. The van der Waals surface area contributed by atoms with Crippen molar-refractivity contribution in [2.75, 3.05) is 13.1 Å². The first-order valence-corrected chi connectivity index (χ1v) is 7.27. The van der Waals surface area contributed by atoms with Crippen molar-refractivity contribution in [3.8, 4) is 0 Å². The number of aliphatic hydroxyl groups is 1. The summed E-state index contributed by atoms with van der Waals surface area (Å²) in [5, 5.41) is 10.6. The van der Waals surface area contributed by atoms with Gasteiger partial charge in [-0.15, -0.1) is 0 Å². The summed E-state index contributed by atoms with van der Waals surface area (Å²) in [6.45, 7) is 6.62. The van der Waals surface area contributed by atoms with E-state index in [0.29, 0.717) is 6.04 Å². The van der Waals surface area contributed by atoms with E-state index in [2.05, 4.69) is 36.9 Å². The summed E-state index contributed by atoms with van der Waals surface area (Å²) >= 11 is 0. The molecule has 18 heavy (non-hydrogen) atoms. The van der Waals surface area contributed by atoms with Crippen LogP contribution in [0.5, 0.6) is 0 Å². The molecular weight excluding hydrogens is 222 g/mol. The molecular formula is C16H25NO. The highest BCUT2D eigenvalue weighted by Gasteiger charge is 2.31. The molecule has 0 aromatic heterocycles. The first kappa shape index (κ1) is 13.6. The fourth-order valence-electron chi connectivity index (χ4n) is 3.12. The molecule has 1 aliphatic rings. The van der Waals surface area contributed by atoms with E-state index in [-0.39, 0.29) is 6.10 Å². The fraction of sp³-hybridized carbons (Fsp3) is 0.625. The Morgan fingerprint density at radius 1 is 1.17 bits per heavy atom. The van der Waals surface area contributed by atoms with E-state index in [0.717, 1.165) is 44.3 Å². The van der Waals surface area contributed by atoms with Crippen molar-refractivity contribution in [2.45, 2.75) is 51.7 Å². The van der Waals surface area contributed by atoms with Gasteiger partial charge in [-0.25, -0.2) is 0 Å². The van der Waals surface area contributed by atoms with E-state index in [4.69, 9.17) is 0 Å². The Kier molecular flexibility index (Phi) is 4.79. The highest BCUT2D eigenvalue weighted by Crippen LogP contribution is 2.32. The Morgan fingerprint density at radius 2 is 1.83 bits per heavy atom. The number of aliphatic hydroxyl groups excluding tert-OH is 1. The largest absolute Gasteiger partial charge is 0.387 e. The van der Waals surface area contributed by atoms with Gasteiger partial charge in [-0.1, -0.05) is 38.1 Å². The van der Waals surface area contributed by atoms with Gasteiger partial charge < -0.3 is 5.11 Å². The van der Waals surface area contributed by atoms with Gasteiger partial charge in [-0.05, 0) is 49.9 Å². The number of benzene rings is 1. The molecule has 0 saturated heterocycles. The lowest BCUT2D eigenvalue weighted by Gasteiger charge is -2.38. The minimum absolute atomic E-state index is 0.305. The van der Waals surface area contributed by atoms with Gasteiger partial charge in [0.05, 0.1) is 6.10 Å². The third-order valence-corrected chi connectivity index (χ3v) is 3.94. The topological polar surface area (TPSA) is 23.5 Å². The van der Waals surface area contributed by atoms with Crippen LogP contribution in [0.1, 0.15) is 50.3 Å². The molecule has 0 heterocycles. The van der Waals surface area contributed by atoms with Crippen LogP contribution in [0.25, 0.3) is 0 Å². The molecule has 2 heteroatoms. The molecule has 0 fully saturated rings. The second-order valence-corrected chi connectivity index (χ2v) is 5.29. The molecule has 0 bridgehead atoms. The van der Waals surface area contributed by atoms with E-state index in [1.54, 1.807) is 0 Å². The monoisotopic (exact) mass is 247 g/mol. The van der Waals surface area contributed by atoms with Crippen LogP contribution in [0, 0.1) is 0 Å². The van der Waals surface area contributed by atoms with Crippen molar-refractivity contribution in [2.24, 2.45) is 0 Å². The van der Waals surface area contributed by atoms with Gasteiger partial charge in [0.25, 0.3) is 0 Å². The first-order valence-electron chi connectivity index (χ1n) is 7.27. The van der Waals surface area contributed by atoms with Crippen molar-refractivity contribution >= 4 is 0 Å². The van der Waals surface area contributed by atoms with Crippen molar-refractivity contribution < 1.29 is 5.11 Å². The molecule has 1 aromatic carbocycles. The van der Waals surface area contributed by atoms with E-state index < -0.39 is 0 Å². The van der Waals surface area contributed by atoms with Crippen molar-refractivity contribution in [3.63, 3.8) is 0 Å². The van der Waals surface area contributed by atoms with Gasteiger partial charge in [0.1, 0.15) is 0 Å². The smallest absolute Gasteiger partial charge is 0.0947 e. The van der Waals surface area contributed by atoms with E-state index in [1.165, 1.54) is 5.56 Å². The van der Waals surface area contributed by atoms with Crippen LogP contribution in [-0.2, 0) is 6.42 Å². The molecule has 1 N–H and O–H groups in total. The number of hydrogen-bond acceptors (Lipinski definition) is 2. The molecule has 2 nitrogen and oxygen atoms in total. The lowest BCUT2D eigenvalue weighted by molar-refractivity contribution is 0.0358. The Labute approximate surface area is 111 Å². The molecule has 0 amide bonds. The van der Waals surface area contributed by atoms with Crippen LogP contribution in [0.3, 0.4) is 0 Å². The van der Waals surface area contributed by atoms with Gasteiger partial charge in [-0.2, -0.15) is 0 Å². The summed E-state index contributed by atoms with van der Waals surface area (Å²) < 4.78 is 0. The van der Waals surface area contributed by atoms with Crippen LogP contribution in [0.2, 0.25) is 0 Å². The summed E-state index contributed by atoms with van der Waals surface area (Å²) in [7, 11) is 0. The summed E-state index contributed by atoms with van der Waals surface area (Å²) in [5.41, 5.74) is 2.47. The maximum Gasteiger partial charge on any atom is 0.0947 e. The Bertz CT molecular complexity index is 371. The van der Waals surface area contributed by atoms with Crippen LogP contribution in [0.15, 0.2) is 24.3 Å². The van der Waals surface area contributed by atoms with Crippen LogP contribution in [-0.4, -0.2) is 29.1 Å². The SMILES string of the molecule is CCCN(CCC)C1CCc2ccccc2[C@@H]1O. The zero-order valence-corrected chi connectivity index (χ0v) is 11.6. The molecule has 2 atom stereocenters. The molecule has 2 rings (SSSR count). The molecule has 1 aromatic rings. The summed E-state index contributed by atoms with van der Waals surface area (Å²) in [6.07, 6.45) is 4.18. The van der Waals surface area contributed by atoms with Gasteiger partial charge in [0, 0.05) is 6.04 Å². The Hall–Kier alpha value is -0.860. The predicted octanol–water partition coefficient (Wildman–Crippen LogP) is 3.16. The predicted molar refractivity (Wildman–Crippen MR) is 75.7 cm³/mol.